The molecule has 0 amide bonds. The zero-order valence-corrected chi connectivity index (χ0v) is 30.7. The SMILES string of the molecule is C1=CC2c3ccccc3N(c3cc(-c4cc(-c5ccc(-c6ccccc6)cc5)cc(-c5ccccc5)n4)cc(-n4c5ccccc5c5ccccc54)c3)C2C=C1. The molecule has 3 heterocycles. The Morgan fingerprint density at radius 2 is 0.929 bits per heavy atom. The summed E-state index contributed by atoms with van der Waals surface area (Å²) in [5.74, 6) is 0.279. The zero-order valence-electron chi connectivity index (χ0n) is 30.7. The molecule has 0 saturated carbocycles. The number of anilines is 2. The number of allylic oxidation sites excluding steroid dienone is 2. The molecule has 0 spiro atoms. The Bertz CT molecular complexity index is 2920. The Labute approximate surface area is 326 Å². The Hall–Kier alpha value is -7.23. The standard InChI is InChI=1S/C53H37N3/c1-3-15-36(16-4-1)37-27-29-38(30-28-37)40-33-48(39-17-5-2-6-18-39)54-49(34-40)41-31-42(55-50-23-11-7-19-44(50)45-20-8-12-24-51(45)55)35-43(32-41)56-52-25-13-9-21-46(52)47-22-10-14-26-53(47)56/h1-35,44,50H. The van der Waals surface area contributed by atoms with Crippen LogP contribution in [-0.4, -0.2) is 15.6 Å². The average Bonchev–Trinajstić information content (AvgIpc) is 3.80. The number of rotatable bonds is 6. The van der Waals surface area contributed by atoms with Crippen molar-refractivity contribution in [1.82, 2.24) is 9.55 Å². The largest absolute Gasteiger partial charge is 0.333 e. The van der Waals surface area contributed by atoms with Gasteiger partial charge in [0.2, 0.25) is 0 Å². The fraction of sp³-hybridized carbons (Fsp3) is 0.0377. The van der Waals surface area contributed by atoms with Crippen LogP contribution in [0.2, 0.25) is 0 Å². The Morgan fingerprint density at radius 3 is 1.64 bits per heavy atom. The minimum Gasteiger partial charge on any atom is -0.333 e. The summed E-state index contributed by atoms with van der Waals surface area (Å²) in [6, 6.07) is 68.1. The van der Waals surface area contributed by atoms with Gasteiger partial charge in [-0.15, -0.1) is 0 Å². The van der Waals surface area contributed by atoms with Gasteiger partial charge in [-0.05, 0) is 76.3 Å². The molecule has 2 unspecified atom stereocenters. The number of nitrogens with zero attached hydrogens (tertiary/aromatic N) is 3. The fourth-order valence-corrected chi connectivity index (χ4v) is 8.89. The number of benzene rings is 7. The minimum absolute atomic E-state index is 0.168. The average molecular weight is 716 g/mol. The number of hydrogen-bond acceptors (Lipinski definition) is 2. The highest BCUT2D eigenvalue weighted by atomic mass is 15.2. The van der Waals surface area contributed by atoms with Gasteiger partial charge < -0.3 is 9.47 Å². The van der Waals surface area contributed by atoms with Crippen LogP contribution in [0.5, 0.6) is 0 Å². The van der Waals surface area contributed by atoms with Crippen molar-refractivity contribution < 1.29 is 0 Å². The number of fused-ring (bicyclic) bond motifs is 6. The first-order valence-corrected chi connectivity index (χ1v) is 19.4. The normalized spacial score (nSPS) is 15.7. The molecule has 11 rings (SSSR count). The molecule has 1 aliphatic carbocycles. The molecule has 9 aromatic rings. The van der Waals surface area contributed by atoms with Gasteiger partial charge in [0, 0.05) is 44.9 Å². The quantitative estimate of drug-likeness (QED) is 0.171. The molecule has 1 aliphatic heterocycles. The molecule has 0 bridgehead atoms. The number of aromatic nitrogens is 2. The fourth-order valence-electron chi connectivity index (χ4n) is 8.89. The van der Waals surface area contributed by atoms with Crippen molar-refractivity contribution in [1.29, 1.82) is 0 Å². The van der Waals surface area contributed by atoms with E-state index in [2.05, 4.69) is 222 Å². The van der Waals surface area contributed by atoms with Gasteiger partial charge in [-0.2, -0.15) is 0 Å². The van der Waals surface area contributed by atoms with Crippen LogP contribution in [-0.2, 0) is 0 Å². The lowest BCUT2D eigenvalue weighted by Crippen LogP contribution is -2.28. The first-order chi connectivity index (χ1) is 27.8. The lowest BCUT2D eigenvalue weighted by atomic mass is 9.91. The monoisotopic (exact) mass is 715 g/mol. The minimum atomic E-state index is 0.168. The summed E-state index contributed by atoms with van der Waals surface area (Å²) in [7, 11) is 0. The third-order valence-corrected chi connectivity index (χ3v) is 11.5. The van der Waals surface area contributed by atoms with Crippen molar-refractivity contribution in [2.45, 2.75) is 12.0 Å². The van der Waals surface area contributed by atoms with Gasteiger partial charge in [0.25, 0.3) is 0 Å². The van der Waals surface area contributed by atoms with Crippen molar-refractivity contribution in [3.63, 3.8) is 0 Å². The molecule has 56 heavy (non-hydrogen) atoms. The maximum absolute atomic E-state index is 5.45. The molecule has 264 valence electrons. The molecule has 0 saturated heterocycles. The summed E-state index contributed by atoms with van der Waals surface area (Å²) in [6.07, 6.45) is 9.08. The van der Waals surface area contributed by atoms with Crippen LogP contribution in [0, 0.1) is 0 Å². The van der Waals surface area contributed by atoms with Gasteiger partial charge in [-0.3, -0.25) is 0 Å². The second kappa shape index (κ2) is 13.3. The Kier molecular flexibility index (Phi) is 7.63. The molecule has 0 radical (unpaired) electrons. The zero-order chi connectivity index (χ0) is 37.0. The molecular formula is C53H37N3. The summed E-state index contributed by atoms with van der Waals surface area (Å²) >= 11 is 0. The van der Waals surface area contributed by atoms with E-state index in [1.54, 1.807) is 0 Å². The molecule has 2 atom stereocenters. The van der Waals surface area contributed by atoms with Crippen LogP contribution in [0.15, 0.2) is 212 Å². The third-order valence-electron chi connectivity index (χ3n) is 11.5. The summed E-state index contributed by atoms with van der Waals surface area (Å²) in [4.78, 5) is 7.99. The molecule has 3 heteroatoms. The van der Waals surface area contributed by atoms with E-state index in [1.807, 2.05) is 0 Å². The first kappa shape index (κ1) is 32.2. The van der Waals surface area contributed by atoms with Crippen LogP contribution < -0.4 is 4.90 Å². The van der Waals surface area contributed by atoms with Crippen molar-refractivity contribution in [3.8, 4) is 50.5 Å². The summed E-state index contributed by atoms with van der Waals surface area (Å²) in [5, 5.41) is 2.49. The highest BCUT2D eigenvalue weighted by Gasteiger charge is 2.37. The third kappa shape index (κ3) is 5.39. The van der Waals surface area contributed by atoms with Gasteiger partial charge in [-0.1, -0.05) is 164 Å². The topological polar surface area (TPSA) is 21.1 Å². The van der Waals surface area contributed by atoms with Crippen LogP contribution in [0.25, 0.3) is 72.3 Å². The molecule has 0 fully saturated rings. The van der Waals surface area contributed by atoms with E-state index in [4.69, 9.17) is 4.98 Å². The van der Waals surface area contributed by atoms with E-state index in [1.165, 1.54) is 44.2 Å². The molecule has 7 aromatic carbocycles. The predicted molar refractivity (Wildman–Crippen MR) is 234 cm³/mol. The van der Waals surface area contributed by atoms with E-state index < -0.39 is 0 Å². The second-order valence-electron chi connectivity index (χ2n) is 14.8. The Balaban J connectivity index is 1.15. The van der Waals surface area contributed by atoms with Gasteiger partial charge >= 0.3 is 0 Å². The maximum atomic E-state index is 5.45. The van der Waals surface area contributed by atoms with Crippen LogP contribution >= 0.6 is 0 Å². The lowest BCUT2D eigenvalue weighted by molar-refractivity contribution is 0.744. The van der Waals surface area contributed by atoms with E-state index in [-0.39, 0.29) is 12.0 Å². The van der Waals surface area contributed by atoms with Crippen molar-refractivity contribution >= 4 is 33.2 Å². The maximum Gasteiger partial charge on any atom is 0.0717 e. The first-order valence-electron chi connectivity index (χ1n) is 19.4. The molecule has 0 N–H and O–H groups in total. The van der Waals surface area contributed by atoms with E-state index in [0.717, 1.165) is 45.0 Å². The van der Waals surface area contributed by atoms with E-state index >= 15 is 0 Å². The van der Waals surface area contributed by atoms with Crippen molar-refractivity contribution in [3.05, 3.63) is 218 Å². The van der Waals surface area contributed by atoms with Gasteiger partial charge in [0.1, 0.15) is 0 Å². The van der Waals surface area contributed by atoms with Gasteiger partial charge in [0.15, 0.2) is 0 Å². The van der Waals surface area contributed by atoms with Crippen molar-refractivity contribution in [2.24, 2.45) is 0 Å². The molecule has 2 aromatic heterocycles. The number of hydrogen-bond donors (Lipinski definition) is 0. The van der Waals surface area contributed by atoms with E-state index in [0.29, 0.717) is 0 Å². The van der Waals surface area contributed by atoms with Crippen LogP contribution in [0.4, 0.5) is 11.4 Å². The lowest BCUT2D eigenvalue weighted by Gasteiger charge is -2.29. The van der Waals surface area contributed by atoms with Gasteiger partial charge in [0.05, 0.1) is 28.5 Å². The highest BCUT2D eigenvalue weighted by Crippen LogP contribution is 2.49. The summed E-state index contributed by atoms with van der Waals surface area (Å²) < 4.78 is 2.43. The van der Waals surface area contributed by atoms with Gasteiger partial charge in [-0.25, -0.2) is 4.98 Å². The van der Waals surface area contributed by atoms with Crippen molar-refractivity contribution in [2.75, 3.05) is 4.90 Å². The van der Waals surface area contributed by atoms with Crippen LogP contribution in [0.3, 0.4) is 0 Å². The number of pyridine rings is 1. The predicted octanol–water partition coefficient (Wildman–Crippen LogP) is 13.6. The summed E-state index contributed by atoms with van der Waals surface area (Å²) in [5.41, 5.74) is 15.9. The smallest absolute Gasteiger partial charge is 0.0717 e. The van der Waals surface area contributed by atoms with Crippen LogP contribution in [0.1, 0.15) is 11.5 Å². The highest BCUT2D eigenvalue weighted by molar-refractivity contribution is 6.09. The van der Waals surface area contributed by atoms with E-state index in [9.17, 15) is 0 Å². The molecule has 3 nitrogen and oxygen atoms in total. The number of para-hydroxylation sites is 3. The molecule has 2 aliphatic rings. The summed E-state index contributed by atoms with van der Waals surface area (Å²) in [6.45, 7) is 0. The molecular weight excluding hydrogens is 679 g/mol. The second-order valence-corrected chi connectivity index (χ2v) is 14.8. The Morgan fingerprint density at radius 1 is 0.393 bits per heavy atom.